The number of fused-ring (bicyclic) bond motifs is 8. The van der Waals surface area contributed by atoms with Crippen molar-refractivity contribution in [1.82, 2.24) is 0 Å². The van der Waals surface area contributed by atoms with E-state index in [1.165, 1.54) is 30.9 Å². The second-order valence-electron chi connectivity index (χ2n) is 22.8. The summed E-state index contributed by atoms with van der Waals surface area (Å²) in [5, 5.41) is 24.6. The molecule has 0 saturated carbocycles. The number of rotatable bonds is 8. The zero-order valence-electron chi connectivity index (χ0n) is 52.9. The van der Waals surface area contributed by atoms with Gasteiger partial charge in [-0.3, -0.25) is 19.2 Å². The first kappa shape index (κ1) is 66.3. The van der Waals surface area contributed by atoms with Gasteiger partial charge in [0.2, 0.25) is 21.7 Å². The van der Waals surface area contributed by atoms with Gasteiger partial charge < -0.3 is 47.8 Å². The van der Waals surface area contributed by atoms with Crippen molar-refractivity contribution in [3.8, 4) is 23.0 Å². The standard InChI is InChI=1S/C16H14O3.C15H13NO3.C14H10O2.C13H8O3.C10H16Si.C9H10O3/c1-2-9-18-11-7-8-15-13(10-11)16(17)12-5-3-4-6-14(12)19-15;16-7-8-18-10-5-6-14-12(9-10)15(17)11-3-1-2-4-13(11)19-14;1-9-6-7-13-11(8-9)14(15)10-4-2-3-5-12(10)16-13;14-8-5-6-12-10(7-8)13(15)9-3-1-2-4-11(9)16-12;1-9-7-5-6-8-10(9)11(2,3)4;1-6-3-4-8(10)7(5-6)9(11)12-2/h3-8,10H,2,9H2,1H3;1-6,9H,7-8,16H2;2-8H,1H3;1-7,14H;5-8H,1-4H3;3-5,10H,1-2H3. The Labute approximate surface area is 536 Å². The number of aryl methyl sites for hydroxylation is 3. The van der Waals surface area contributed by atoms with Crippen LogP contribution in [0, 0.1) is 20.8 Å². The van der Waals surface area contributed by atoms with E-state index in [2.05, 4.69) is 55.6 Å². The molecule has 0 saturated heterocycles. The van der Waals surface area contributed by atoms with Crippen molar-refractivity contribution >= 4 is 107 Å². The van der Waals surface area contributed by atoms with Crippen molar-refractivity contribution < 1.29 is 46.9 Å². The molecule has 0 fully saturated rings. The van der Waals surface area contributed by atoms with E-state index in [0.717, 1.165) is 17.5 Å². The second kappa shape index (κ2) is 30.2. The van der Waals surface area contributed by atoms with Crippen LogP contribution in [0.1, 0.15) is 40.4 Å². The summed E-state index contributed by atoms with van der Waals surface area (Å²) in [5.41, 5.74) is 13.6. The third kappa shape index (κ3) is 16.1. The molecule has 0 aliphatic heterocycles. The number of ether oxygens (including phenoxy) is 3. The number of methoxy groups -OCH3 is 1. The lowest BCUT2D eigenvalue weighted by molar-refractivity contribution is 0.0597. The van der Waals surface area contributed by atoms with E-state index in [1.54, 1.807) is 102 Å². The predicted molar refractivity (Wildman–Crippen MR) is 375 cm³/mol. The van der Waals surface area contributed by atoms with Gasteiger partial charge in [-0.15, -0.1) is 0 Å². The van der Waals surface area contributed by atoms with Crippen LogP contribution in [0.25, 0.3) is 87.8 Å². The van der Waals surface area contributed by atoms with Crippen LogP contribution < -0.4 is 42.1 Å². The van der Waals surface area contributed by atoms with E-state index in [9.17, 15) is 34.2 Å². The van der Waals surface area contributed by atoms with E-state index >= 15 is 0 Å². The van der Waals surface area contributed by atoms with Gasteiger partial charge in [-0.25, -0.2) is 4.79 Å². The second-order valence-corrected chi connectivity index (χ2v) is 27.8. The number of carbonyl (C=O) groups is 1. The minimum atomic E-state index is -1.08. The normalized spacial score (nSPS) is 10.9. The van der Waals surface area contributed by atoms with Gasteiger partial charge in [-0.2, -0.15) is 0 Å². The van der Waals surface area contributed by atoms with Gasteiger partial charge in [0.1, 0.15) is 79.8 Å². The van der Waals surface area contributed by atoms with E-state index in [4.69, 9.17) is 32.9 Å². The number of hydrogen-bond donors (Lipinski definition) is 3. The molecule has 0 unspecified atom stereocenters. The molecule has 4 aromatic heterocycles. The quantitative estimate of drug-likeness (QED) is 0.0729. The number of carbonyl (C=O) groups excluding carboxylic acids is 1. The Kier molecular flexibility index (Phi) is 21.5. The van der Waals surface area contributed by atoms with Crippen LogP contribution in [0.15, 0.2) is 249 Å². The van der Waals surface area contributed by atoms with Gasteiger partial charge in [0.15, 0.2) is 0 Å². The van der Waals surface area contributed by atoms with Crippen molar-refractivity contribution in [2.75, 3.05) is 26.9 Å². The Balaban J connectivity index is 0.000000133. The maximum Gasteiger partial charge on any atom is 0.341 e. The monoisotopic (exact) mass is 1260 g/mol. The van der Waals surface area contributed by atoms with Gasteiger partial charge in [0, 0.05) is 6.54 Å². The molecule has 0 amide bonds. The van der Waals surface area contributed by atoms with Crippen LogP contribution in [0.2, 0.25) is 19.6 Å². The third-order valence-corrected chi connectivity index (χ3v) is 16.9. The molecular formula is C77H71NO14Si. The summed E-state index contributed by atoms with van der Waals surface area (Å²) >= 11 is 0. The molecule has 15 nitrogen and oxygen atoms in total. The average Bonchev–Trinajstić information content (AvgIpc) is 0.827. The van der Waals surface area contributed by atoms with Crippen LogP contribution in [-0.2, 0) is 4.74 Å². The number of hydrogen-bond acceptors (Lipinski definition) is 15. The molecule has 4 heterocycles. The molecule has 0 aliphatic carbocycles. The smallest absolute Gasteiger partial charge is 0.341 e. The van der Waals surface area contributed by atoms with E-state index in [1.807, 2.05) is 93.6 Å². The molecule has 0 radical (unpaired) electrons. The molecule has 0 atom stereocenters. The van der Waals surface area contributed by atoms with Crippen molar-refractivity contribution in [3.63, 3.8) is 0 Å². The fourth-order valence-electron chi connectivity index (χ4n) is 10.2. The van der Waals surface area contributed by atoms with Crippen molar-refractivity contribution in [1.29, 1.82) is 0 Å². The number of para-hydroxylation sites is 4. The highest BCUT2D eigenvalue weighted by Crippen LogP contribution is 2.26. The fourth-order valence-corrected chi connectivity index (χ4v) is 12.0. The maximum absolute atomic E-state index is 12.4. The maximum atomic E-state index is 12.4. The molecule has 0 spiro atoms. The number of benzene rings is 10. The summed E-state index contributed by atoms with van der Waals surface area (Å²) in [7, 11) is 0.204. The first-order valence-electron chi connectivity index (χ1n) is 30.1. The number of phenols is 2. The Morgan fingerprint density at radius 1 is 0.430 bits per heavy atom. The Morgan fingerprint density at radius 3 is 1.22 bits per heavy atom. The summed E-state index contributed by atoms with van der Waals surface area (Å²) in [6.07, 6.45) is 0.935. The Morgan fingerprint density at radius 2 is 0.796 bits per heavy atom. The number of esters is 1. The largest absolute Gasteiger partial charge is 0.508 e. The summed E-state index contributed by atoms with van der Waals surface area (Å²) < 4.78 is 38.1. The lowest BCUT2D eigenvalue weighted by atomic mass is 10.1. The van der Waals surface area contributed by atoms with Gasteiger partial charge in [0.05, 0.1) is 64.9 Å². The third-order valence-electron chi connectivity index (χ3n) is 14.8. The van der Waals surface area contributed by atoms with Crippen molar-refractivity contribution in [2.24, 2.45) is 5.73 Å². The van der Waals surface area contributed by atoms with Crippen LogP contribution in [0.3, 0.4) is 0 Å². The fraction of sp³-hybridized carbons (Fsp3) is 0.156. The summed E-state index contributed by atoms with van der Waals surface area (Å²) in [6, 6.07) is 63.1. The van der Waals surface area contributed by atoms with E-state index < -0.39 is 14.0 Å². The molecule has 472 valence electrons. The molecule has 14 aromatic rings. The molecular weight excluding hydrogens is 1190 g/mol. The van der Waals surface area contributed by atoms with E-state index in [0.29, 0.717) is 119 Å². The first-order valence-corrected chi connectivity index (χ1v) is 33.6. The number of aromatic hydroxyl groups is 2. The molecule has 10 aromatic carbocycles. The van der Waals surface area contributed by atoms with Crippen LogP contribution in [0.5, 0.6) is 23.0 Å². The van der Waals surface area contributed by atoms with Gasteiger partial charge in [-0.1, -0.05) is 133 Å². The summed E-state index contributed by atoms with van der Waals surface area (Å²) in [6.45, 7) is 16.7. The van der Waals surface area contributed by atoms with Crippen LogP contribution in [0.4, 0.5) is 0 Å². The van der Waals surface area contributed by atoms with Gasteiger partial charge in [-0.05, 0) is 155 Å². The van der Waals surface area contributed by atoms with Gasteiger partial charge in [0.25, 0.3) is 0 Å². The molecule has 16 heteroatoms. The van der Waals surface area contributed by atoms with Crippen LogP contribution >= 0.6 is 0 Å². The first-order chi connectivity index (χ1) is 44.8. The topological polar surface area (TPSA) is 232 Å². The highest BCUT2D eigenvalue weighted by Gasteiger charge is 2.18. The van der Waals surface area contributed by atoms with E-state index in [-0.39, 0.29) is 38.8 Å². The average molecular weight is 1260 g/mol. The molecule has 14 rings (SSSR count). The van der Waals surface area contributed by atoms with Gasteiger partial charge >= 0.3 is 5.97 Å². The number of nitrogens with two attached hydrogens (primary N) is 1. The summed E-state index contributed by atoms with van der Waals surface area (Å²) in [5.74, 6) is 0.830. The highest BCUT2D eigenvalue weighted by atomic mass is 28.3. The minimum Gasteiger partial charge on any atom is -0.508 e. The lowest BCUT2D eigenvalue weighted by Gasteiger charge is -2.18. The number of phenolic OH excluding ortho intramolecular Hbond substituents is 2. The predicted octanol–water partition coefficient (Wildman–Crippen LogP) is 16.0. The molecule has 4 N–H and O–H groups in total. The molecule has 0 aliphatic rings. The van der Waals surface area contributed by atoms with Crippen LogP contribution in [-0.4, -0.2) is 51.1 Å². The Hall–Kier alpha value is -11.1. The summed E-state index contributed by atoms with van der Waals surface area (Å²) in [4.78, 5) is 60.0. The molecule has 93 heavy (non-hydrogen) atoms. The van der Waals surface area contributed by atoms with Crippen molar-refractivity contribution in [3.05, 3.63) is 275 Å². The highest BCUT2D eigenvalue weighted by molar-refractivity contribution is 6.89. The Bertz CT molecular complexity index is 4990. The molecule has 0 bridgehead atoms. The minimum absolute atomic E-state index is 0.0150. The van der Waals surface area contributed by atoms with Crippen molar-refractivity contribution in [2.45, 2.75) is 53.8 Å². The zero-order chi connectivity index (χ0) is 66.3. The zero-order valence-corrected chi connectivity index (χ0v) is 53.9. The lowest BCUT2D eigenvalue weighted by Crippen LogP contribution is -2.39. The SMILES string of the molecule is CCCOc1ccc2oc3ccccc3c(=O)c2c1.COC(=O)c1cc(C)ccc1O.Cc1ccc2oc3ccccc3c(=O)c2c1.Cc1ccccc1[Si](C)(C)C.NCCOc1ccc2oc3ccccc3c(=O)c2c1.O=c1c2ccccc2oc2ccc(O)cc12.